The highest BCUT2D eigenvalue weighted by atomic mass is 35.5. The molecule has 0 spiro atoms. The van der Waals surface area contributed by atoms with Crippen LogP contribution in [0.25, 0.3) is 22.0 Å². The Hall–Kier alpha value is -2.58. The number of carbonyl (C=O) groups is 2. The number of rotatable bonds is 6. The van der Waals surface area contributed by atoms with Crippen molar-refractivity contribution in [3.63, 3.8) is 0 Å². The fourth-order valence-electron chi connectivity index (χ4n) is 4.80. The van der Waals surface area contributed by atoms with E-state index in [0.717, 1.165) is 53.4 Å². The molecular formula is C29H35Cl3N4O3. The van der Waals surface area contributed by atoms with Crippen LogP contribution in [0.2, 0.25) is 10.0 Å². The maximum atomic E-state index is 12.6. The summed E-state index contributed by atoms with van der Waals surface area (Å²) in [5.74, 6) is -0.358. The number of phenols is 1. The third-order valence-corrected chi connectivity index (χ3v) is 7.81. The Balaban J connectivity index is 0.00000420. The third kappa shape index (κ3) is 6.95. The lowest BCUT2D eigenvalue weighted by Gasteiger charge is -2.33. The number of hydrogen-bond acceptors (Lipinski definition) is 6. The fourth-order valence-corrected chi connectivity index (χ4v) is 5.28. The van der Waals surface area contributed by atoms with Gasteiger partial charge in [0.25, 0.3) is 0 Å². The summed E-state index contributed by atoms with van der Waals surface area (Å²) in [6.45, 7) is 7.40. The lowest BCUT2D eigenvalue weighted by Crippen LogP contribution is -2.52. The predicted molar refractivity (Wildman–Crippen MR) is 161 cm³/mol. The van der Waals surface area contributed by atoms with E-state index in [9.17, 15) is 14.7 Å². The molecular weight excluding hydrogens is 559 g/mol. The van der Waals surface area contributed by atoms with Gasteiger partial charge in [-0.3, -0.25) is 14.6 Å². The Labute approximate surface area is 245 Å². The Bertz CT molecular complexity index is 1360. The molecule has 5 N–H and O–H groups in total. The molecule has 0 radical (unpaired) electrons. The molecule has 0 unspecified atom stereocenters. The number of anilines is 1. The van der Waals surface area contributed by atoms with Crippen molar-refractivity contribution in [1.82, 2.24) is 10.3 Å². The number of nitrogens with zero attached hydrogens (tertiary/aromatic N) is 1. The molecule has 3 aromatic rings. The normalized spacial score (nSPS) is 18.2. The second-order valence-electron chi connectivity index (χ2n) is 11.2. The zero-order chi connectivity index (χ0) is 27.8. The molecule has 1 heterocycles. The van der Waals surface area contributed by atoms with E-state index in [1.807, 2.05) is 39.0 Å². The van der Waals surface area contributed by atoms with Crippen LogP contribution in [-0.2, 0) is 4.79 Å². The van der Waals surface area contributed by atoms with Crippen molar-refractivity contribution in [1.29, 1.82) is 0 Å². The maximum Gasteiger partial charge on any atom is 0.237 e. The van der Waals surface area contributed by atoms with Gasteiger partial charge < -0.3 is 21.5 Å². The predicted octanol–water partition coefficient (Wildman–Crippen LogP) is 6.75. The second-order valence-corrected chi connectivity index (χ2v) is 12.0. The van der Waals surface area contributed by atoms with Crippen LogP contribution >= 0.6 is 35.6 Å². The maximum absolute atomic E-state index is 12.6. The summed E-state index contributed by atoms with van der Waals surface area (Å²) in [6, 6.07) is 8.69. The number of nitrogens with one attached hydrogen (secondary N) is 2. The van der Waals surface area contributed by atoms with E-state index >= 15 is 0 Å². The zero-order valence-corrected chi connectivity index (χ0v) is 24.8. The summed E-state index contributed by atoms with van der Waals surface area (Å²) in [7, 11) is 0. The second kappa shape index (κ2) is 12.3. The van der Waals surface area contributed by atoms with E-state index in [4.69, 9.17) is 28.9 Å². The van der Waals surface area contributed by atoms with Crippen molar-refractivity contribution in [2.24, 2.45) is 11.1 Å². The lowest BCUT2D eigenvalue weighted by molar-refractivity contribution is -0.125. The molecule has 1 aliphatic carbocycles. The summed E-state index contributed by atoms with van der Waals surface area (Å²) in [6.07, 6.45) is 4.91. The summed E-state index contributed by atoms with van der Waals surface area (Å²) in [4.78, 5) is 29.6. The largest absolute Gasteiger partial charge is 0.505 e. The number of benzene rings is 2. The topological polar surface area (TPSA) is 117 Å². The average molecular weight is 594 g/mol. The number of phenolic OH excluding ortho intramolecular Hbond substituents is 1. The number of hydrogen-bond donors (Lipinski definition) is 4. The van der Waals surface area contributed by atoms with Crippen molar-refractivity contribution < 1.29 is 14.7 Å². The Morgan fingerprint density at radius 1 is 1.03 bits per heavy atom. The van der Waals surface area contributed by atoms with Gasteiger partial charge in [-0.2, -0.15) is 0 Å². The van der Waals surface area contributed by atoms with E-state index in [1.54, 1.807) is 18.3 Å². The van der Waals surface area contributed by atoms with E-state index in [2.05, 4.69) is 15.6 Å². The van der Waals surface area contributed by atoms with Crippen molar-refractivity contribution in [3.8, 4) is 16.9 Å². The van der Waals surface area contributed by atoms with E-state index in [0.29, 0.717) is 5.56 Å². The molecule has 1 atom stereocenters. The number of ketones is 1. The average Bonchev–Trinajstić information content (AvgIpc) is 2.86. The van der Waals surface area contributed by atoms with Gasteiger partial charge in [-0.25, -0.2) is 0 Å². The summed E-state index contributed by atoms with van der Waals surface area (Å²) < 4.78 is 0. The first-order valence-corrected chi connectivity index (χ1v) is 13.5. The molecule has 1 aliphatic rings. The quantitative estimate of drug-likeness (QED) is 0.235. The van der Waals surface area contributed by atoms with Gasteiger partial charge in [-0.1, -0.05) is 50.0 Å². The smallest absolute Gasteiger partial charge is 0.237 e. The van der Waals surface area contributed by atoms with E-state index in [-0.39, 0.29) is 57.4 Å². The van der Waals surface area contributed by atoms with Crippen LogP contribution in [0, 0.1) is 5.41 Å². The van der Waals surface area contributed by atoms with Crippen LogP contribution in [0.4, 0.5) is 5.69 Å². The number of halogens is 3. The highest BCUT2D eigenvalue weighted by molar-refractivity contribution is 6.37. The first kappa shape index (κ1) is 31.0. The number of carbonyl (C=O) groups excluding carboxylic acids is 2. The van der Waals surface area contributed by atoms with Gasteiger partial charge in [0.15, 0.2) is 11.5 Å². The first-order valence-electron chi connectivity index (χ1n) is 12.8. The van der Waals surface area contributed by atoms with Crippen LogP contribution in [0.15, 0.2) is 36.5 Å². The lowest BCUT2D eigenvalue weighted by atomic mass is 9.85. The molecule has 1 saturated carbocycles. The SMILES string of the molecule is CC(=O)c1cnc2ccc(-c3cc(Cl)c(O)c(Cl)c3)cc2c1N[C@H]1CC[C@H](NC(=O)[C@@H](N)C(C)(C)C)CC1.Cl. The van der Waals surface area contributed by atoms with Crippen LogP contribution < -0.4 is 16.4 Å². The van der Waals surface area contributed by atoms with Crippen LogP contribution in [0.3, 0.4) is 0 Å². The number of pyridine rings is 1. The molecule has 1 aromatic heterocycles. The van der Waals surface area contributed by atoms with Gasteiger partial charge in [0.2, 0.25) is 5.91 Å². The number of Topliss-reactive ketones (excluding diaryl/α,β-unsaturated/α-hetero) is 1. The van der Waals surface area contributed by atoms with Gasteiger partial charge in [0.05, 0.1) is 32.9 Å². The highest BCUT2D eigenvalue weighted by Crippen LogP contribution is 2.38. The summed E-state index contributed by atoms with van der Waals surface area (Å²) >= 11 is 12.3. The molecule has 4 rings (SSSR count). The third-order valence-electron chi connectivity index (χ3n) is 7.23. The monoisotopic (exact) mass is 592 g/mol. The van der Waals surface area contributed by atoms with Gasteiger partial charge >= 0.3 is 0 Å². The van der Waals surface area contributed by atoms with Crippen molar-refractivity contribution >= 4 is 63.9 Å². The molecule has 1 amide bonds. The number of aromatic hydroxyl groups is 1. The minimum atomic E-state index is -0.563. The molecule has 10 heteroatoms. The number of aromatic nitrogens is 1. The highest BCUT2D eigenvalue weighted by Gasteiger charge is 2.30. The van der Waals surface area contributed by atoms with E-state index in [1.165, 1.54) is 6.92 Å². The van der Waals surface area contributed by atoms with Gasteiger partial charge in [-0.15, -0.1) is 12.4 Å². The van der Waals surface area contributed by atoms with Crippen molar-refractivity contribution in [2.45, 2.75) is 71.5 Å². The van der Waals surface area contributed by atoms with Gasteiger partial charge in [0.1, 0.15) is 0 Å². The number of fused-ring (bicyclic) bond motifs is 1. The Morgan fingerprint density at radius 2 is 1.62 bits per heavy atom. The molecule has 39 heavy (non-hydrogen) atoms. The minimum Gasteiger partial charge on any atom is -0.505 e. The van der Waals surface area contributed by atoms with Crippen molar-refractivity contribution in [2.75, 3.05) is 5.32 Å². The minimum absolute atomic E-state index is 0. The fraction of sp³-hybridized carbons (Fsp3) is 0.414. The molecule has 0 aliphatic heterocycles. The zero-order valence-electron chi connectivity index (χ0n) is 22.5. The summed E-state index contributed by atoms with van der Waals surface area (Å²) in [5, 5.41) is 17.8. The van der Waals surface area contributed by atoms with Gasteiger partial charge in [-0.05, 0) is 73.4 Å². The molecule has 0 bridgehead atoms. The van der Waals surface area contributed by atoms with Crippen LogP contribution in [0.1, 0.15) is 63.7 Å². The van der Waals surface area contributed by atoms with E-state index < -0.39 is 6.04 Å². The Kier molecular flexibility index (Phi) is 9.76. The molecule has 2 aromatic carbocycles. The van der Waals surface area contributed by atoms with Crippen molar-refractivity contribution in [3.05, 3.63) is 52.1 Å². The summed E-state index contributed by atoms with van der Waals surface area (Å²) in [5.41, 5.74) is 9.39. The Morgan fingerprint density at radius 3 is 2.18 bits per heavy atom. The molecule has 1 fully saturated rings. The molecule has 7 nitrogen and oxygen atoms in total. The van der Waals surface area contributed by atoms with Crippen LogP contribution in [-0.4, -0.2) is 39.9 Å². The standard InChI is InChI=1S/C29H34Cl2N4O3.ClH/c1-15(36)21-14-33-24-10-5-16(17-12-22(30)26(37)23(31)13-17)11-20(24)25(21)34-18-6-8-19(9-7-18)35-28(38)27(32)29(2,3)4;/h5,10-14,18-19,27,37H,6-9,32H2,1-4H3,(H,33,34)(H,35,38);1H/t18-,19-,27-;/m1./s1. The molecule has 210 valence electrons. The van der Waals surface area contributed by atoms with Crippen LogP contribution in [0.5, 0.6) is 5.75 Å². The number of nitrogens with two attached hydrogens (primary N) is 1. The van der Waals surface area contributed by atoms with Gasteiger partial charge in [0, 0.05) is 23.7 Å². The first-order chi connectivity index (χ1) is 17.8. The number of amides is 1. The molecule has 0 saturated heterocycles.